The van der Waals surface area contributed by atoms with Gasteiger partial charge in [0, 0.05) is 37.5 Å². The lowest BCUT2D eigenvalue weighted by molar-refractivity contribution is -0.139. The molecule has 1 saturated heterocycles. The highest BCUT2D eigenvalue weighted by Gasteiger charge is 2.47. The predicted octanol–water partition coefficient (Wildman–Crippen LogP) is 5.57. The number of likely N-dealkylation sites (tertiary alicyclic amines) is 1. The van der Waals surface area contributed by atoms with Crippen LogP contribution in [0.25, 0.3) is 0 Å². The largest absolute Gasteiger partial charge is 0.484 e. The van der Waals surface area contributed by atoms with Crippen LogP contribution in [0.5, 0.6) is 5.75 Å². The SMILES string of the molecule is CC(C)(C)NC(=O)[C@@H]1C[C@@H]2CCCC[C@@H]2CN1C[C@@H](OC(C)(C)C)[C@H](Cc1ccccc1)NC(=O)[C@H](CC(=O)COc1cccnc1)C(C)(C)S(C)(=O)=O. The fourth-order valence-electron chi connectivity index (χ4n) is 7.78. The van der Waals surface area contributed by atoms with Crippen molar-refractivity contribution < 1.29 is 32.3 Å². The van der Waals surface area contributed by atoms with E-state index in [0.717, 1.165) is 37.6 Å². The monoisotopic (exact) mass is 768 g/mol. The van der Waals surface area contributed by atoms with Crippen molar-refractivity contribution in [1.82, 2.24) is 20.5 Å². The Morgan fingerprint density at radius 3 is 2.20 bits per heavy atom. The maximum absolute atomic E-state index is 14.6. The highest BCUT2D eigenvalue weighted by molar-refractivity contribution is 7.92. The van der Waals surface area contributed by atoms with Gasteiger partial charge in [0.1, 0.15) is 12.4 Å². The standard InChI is InChI=1S/C42H64N4O7S/c1-40(2,3)45-39(49)36-23-30-18-13-14-19-31(30)26-46(36)27-37(53-41(4,5)6)35(22-29-16-11-10-12-17-29)44-38(48)34(42(7,8)54(9,50)51)24-32(47)28-52-33-20-15-21-43-25-33/h10-12,15-17,20-21,25,30-31,34-37H,13-14,18-19,22-24,26-28H2,1-9H3,(H,44,48)(H,45,49)/t30-,31+,34-,35-,36-,37+/m0/s1. The van der Waals surface area contributed by atoms with Crippen LogP contribution in [-0.2, 0) is 35.4 Å². The minimum absolute atomic E-state index is 0.00772. The summed E-state index contributed by atoms with van der Waals surface area (Å²) < 4.78 is 37.4. The zero-order valence-electron chi connectivity index (χ0n) is 33.9. The third kappa shape index (κ3) is 12.6. The number of carbonyl (C=O) groups excluding carboxylic acids is 3. The lowest BCUT2D eigenvalue weighted by atomic mass is 9.72. The first-order valence-electron chi connectivity index (χ1n) is 19.5. The molecule has 0 spiro atoms. The van der Waals surface area contributed by atoms with Crippen molar-refractivity contribution in [1.29, 1.82) is 0 Å². The molecule has 2 fully saturated rings. The molecule has 2 aliphatic rings. The quantitative estimate of drug-likeness (QED) is 0.224. The summed E-state index contributed by atoms with van der Waals surface area (Å²) >= 11 is 0. The van der Waals surface area contributed by atoms with Gasteiger partial charge in [0.05, 0.1) is 40.7 Å². The summed E-state index contributed by atoms with van der Waals surface area (Å²) in [6, 6.07) is 12.1. The lowest BCUT2D eigenvalue weighted by Gasteiger charge is -2.48. The first-order valence-corrected chi connectivity index (χ1v) is 21.3. The molecule has 1 aromatic heterocycles. The second kappa shape index (κ2) is 18.1. The molecule has 1 aliphatic heterocycles. The van der Waals surface area contributed by atoms with E-state index in [9.17, 15) is 22.8 Å². The van der Waals surface area contributed by atoms with Crippen LogP contribution >= 0.6 is 0 Å². The molecule has 2 heterocycles. The molecule has 12 heteroatoms. The van der Waals surface area contributed by atoms with E-state index in [4.69, 9.17) is 9.47 Å². The number of aromatic nitrogens is 1. The van der Waals surface area contributed by atoms with Gasteiger partial charge in [-0.1, -0.05) is 49.6 Å². The Balaban J connectivity index is 1.70. The van der Waals surface area contributed by atoms with Crippen LogP contribution < -0.4 is 15.4 Å². The van der Waals surface area contributed by atoms with E-state index in [2.05, 4.69) is 20.5 Å². The first-order chi connectivity index (χ1) is 25.1. The fraction of sp³-hybridized carbons (Fsp3) is 0.667. The summed E-state index contributed by atoms with van der Waals surface area (Å²) in [6.07, 6.45) is 8.96. The third-order valence-corrected chi connectivity index (χ3v) is 13.1. The molecule has 1 aliphatic carbocycles. The molecule has 2 N–H and O–H groups in total. The Morgan fingerprint density at radius 2 is 1.61 bits per heavy atom. The summed E-state index contributed by atoms with van der Waals surface area (Å²) in [5.74, 6) is -0.870. The van der Waals surface area contributed by atoms with E-state index in [-0.39, 0.29) is 25.0 Å². The Hall–Kier alpha value is -3.35. The molecule has 0 unspecified atom stereocenters. The summed E-state index contributed by atoms with van der Waals surface area (Å²) in [5, 5.41) is 6.44. The number of sulfone groups is 1. The van der Waals surface area contributed by atoms with Gasteiger partial charge in [-0.05, 0) is 104 Å². The Bertz CT molecular complexity index is 1650. The van der Waals surface area contributed by atoms with Crippen molar-refractivity contribution in [3.63, 3.8) is 0 Å². The van der Waals surface area contributed by atoms with Gasteiger partial charge in [-0.2, -0.15) is 0 Å². The molecular weight excluding hydrogens is 705 g/mol. The molecular formula is C42H64N4O7S. The zero-order chi connectivity index (χ0) is 39.9. The van der Waals surface area contributed by atoms with Crippen molar-refractivity contribution in [2.45, 2.75) is 134 Å². The Morgan fingerprint density at radius 1 is 0.944 bits per heavy atom. The number of nitrogens with zero attached hydrogens (tertiary/aromatic N) is 2. The predicted molar refractivity (Wildman–Crippen MR) is 212 cm³/mol. The van der Waals surface area contributed by atoms with Crippen LogP contribution in [0.15, 0.2) is 54.9 Å². The Kier molecular flexibility index (Phi) is 14.5. The van der Waals surface area contributed by atoms with E-state index in [1.165, 1.54) is 32.9 Å². The molecule has 300 valence electrons. The Labute approximate surface area is 323 Å². The second-order valence-corrected chi connectivity index (χ2v) is 20.6. The van der Waals surface area contributed by atoms with Crippen LogP contribution in [0.3, 0.4) is 0 Å². The van der Waals surface area contributed by atoms with E-state index >= 15 is 0 Å². The minimum atomic E-state index is -3.82. The number of benzene rings is 1. The van der Waals surface area contributed by atoms with Crippen LogP contribution in [0, 0.1) is 17.8 Å². The van der Waals surface area contributed by atoms with Crippen molar-refractivity contribution in [3.8, 4) is 5.75 Å². The molecule has 2 amide bonds. The van der Waals surface area contributed by atoms with Crippen LogP contribution in [0.1, 0.15) is 99.5 Å². The summed E-state index contributed by atoms with van der Waals surface area (Å²) in [7, 11) is -3.82. The number of pyridine rings is 1. The molecule has 1 saturated carbocycles. The van der Waals surface area contributed by atoms with Gasteiger partial charge in [-0.25, -0.2) is 8.42 Å². The van der Waals surface area contributed by atoms with E-state index in [1.54, 1.807) is 18.3 Å². The molecule has 6 atom stereocenters. The van der Waals surface area contributed by atoms with Crippen molar-refractivity contribution in [2.24, 2.45) is 17.8 Å². The average Bonchev–Trinajstić information content (AvgIpc) is 3.07. The maximum atomic E-state index is 14.6. The van der Waals surface area contributed by atoms with Gasteiger partial charge in [0.2, 0.25) is 11.8 Å². The van der Waals surface area contributed by atoms with E-state index < -0.39 is 55.5 Å². The number of nitrogens with one attached hydrogen (secondary N) is 2. The maximum Gasteiger partial charge on any atom is 0.237 e. The third-order valence-electron chi connectivity index (χ3n) is 10.9. The fourth-order valence-corrected chi connectivity index (χ4v) is 8.49. The molecule has 4 rings (SSSR count). The molecule has 2 aromatic rings. The van der Waals surface area contributed by atoms with Gasteiger partial charge in [-0.15, -0.1) is 0 Å². The average molecular weight is 769 g/mol. The second-order valence-electron chi connectivity index (χ2n) is 18.0. The lowest BCUT2D eigenvalue weighted by Crippen LogP contribution is -2.62. The van der Waals surface area contributed by atoms with Gasteiger partial charge < -0.3 is 20.1 Å². The van der Waals surface area contributed by atoms with Crippen LogP contribution in [-0.4, -0.2) is 95.9 Å². The van der Waals surface area contributed by atoms with E-state index in [0.29, 0.717) is 30.6 Å². The number of amides is 2. The normalized spacial score (nSPS) is 21.6. The topological polar surface area (TPSA) is 144 Å². The number of fused-ring (bicyclic) bond motifs is 1. The smallest absolute Gasteiger partial charge is 0.237 e. The number of Topliss-reactive ketones (excluding diaryl/α,β-unsaturated/α-hetero) is 1. The van der Waals surface area contributed by atoms with Crippen molar-refractivity contribution in [2.75, 3.05) is 26.0 Å². The highest BCUT2D eigenvalue weighted by atomic mass is 32.2. The summed E-state index contributed by atoms with van der Waals surface area (Å²) in [6.45, 7) is 15.6. The van der Waals surface area contributed by atoms with Gasteiger partial charge in [0.25, 0.3) is 0 Å². The first kappa shape index (κ1) is 43.4. The number of hydrogen-bond donors (Lipinski definition) is 2. The number of ether oxygens (including phenoxy) is 2. The van der Waals surface area contributed by atoms with Crippen molar-refractivity contribution in [3.05, 3.63) is 60.4 Å². The van der Waals surface area contributed by atoms with E-state index in [1.807, 2.05) is 71.9 Å². The van der Waals surface area contributed by atoms with Gasteiger partial charge in [-0.3, -0.25) is 24.3 Å². The number of carbonyl (C=O) groups is 3. The van der Waals surface area contributed by atoms with Crippen LogP contribution in [0.4, 0.5) is 0 Å². The number of rotatable bonds is 16. The summed E-state index contributed by atoms with van der Waals surface area (Å²) in [5.41, 5.74) is -0.0702. The molecule has 0 bridgehead atoms. The number of hydrogen-bond acceptors (Lipinski definition) is 9. The van der Waals surface area contributed by atoms with Crippen LogP contribution in [0.2, 0.25) is 0 Å². The zero-order valence-corrected chi connectivity index (χ0v) is 34.7. The van der Waals surface area contributed by atoms with Gasteiger partial charge >= 0.3 is 0 Å². The summed E-state index contributed by atoms with van der Waals surface area (Å²) in [4.78, 5) is 48.2. The molecule has 11 nitrogen and oxygen atoms in total. The van der Waals surface area contributed by atoms with Gasteiger partial charge in [0.15, 0.2) is 15.6 Å². The molecule has 1 aromatic carbocycles. The number of ketones is 1. The molecule has 0 radical (unpaired) electrons. The number of piperidine rings is 1. The highest BCUT2D eigenvalue weighted by Crippen LogP contribution is 2.39. The minimum Gasteiger partial charge on any atom is -0.484 e. The molecule has 54 heavy (non-hydrogen) atoms. The van der Waals surface area contributed by atoms with Crippen molar-refractivity contribution >= 4 is 27.4 Å².